The van der Waals surface area contributed by atoms with Crippen LogP contribution in [0.2, 0.25) is 5.02 Å². The molecule has 0 fully saturated rings. The second-order valence-corrected chi connectivity index (χ2v) is 5.42. The predicted molar refractivity (Wildman–Crippen MR) is 90.5 cm³/mol. The van der Waals surface area contributed by atoms with Crippen LogP contribution in [0.15, 0.2) is 42.6 Å². The third-order valence-electron chi connectivity index (χ3n) is 3.57. The van der Waals surface area contributed by atoms with Crippen molar-refractivity contribution >= 4 is 28.8 Å². The van der Waals surface area contributed by atoms with E-state index in [1.54, 1.807) is 42.0 Å². The number of amides is 1. The first-order valence-electron chi connectivity index (χ1n) is 7.25. The Morgan fingerprint density at radius 1 is 1.35 bits per heavy atom. The molecule has 0 radical (unpaired) electrons. The van der Waals surface area contributed by atoms with Gasteiger partial charge in [0.2, 0.25) is 0 Å². The maximum absolute atomic E-state index is 12.8. The number of hydrogen-bond donors (Lipinski definition) is 1. The highest BCUT2D eigenvalue weighted by Crippen LogP contribution is 2.25. The quantitative estimate of drug-likeness (QED) is 0.791. The normalized spacial score (nSPS) is 10.7. The monoisotopic (exact) mass is 329 g/mol. The summed E-state index contributed by atoms with van der Waals surface area (Å²) in [7, 11) is 1.57. The molecule has 1 amide bonds. The van der Waals surface area contributed by atoms with Crippen LogP contribution >= 0.6 is 11.6 Å². The highest BCUT2D eigenvalue weighted by molar-refractivity contribution is 6.30. The zero-order valence-corrected chi connectivity index (χ0v) is 13.6. The number of carbonyl (C=O) groups is 1. The van der Waals surface area contributed by atoms with Gasteiger partial charge in [0.1, 0.15) is 17.1 Å². The van der Waals surface area contributed by atoms with Crippen molar-refractivity contribution < 1.29 is 9.53 Å². The lowest BCUT2D eigenvalue weighted by Crippen LogP contribution is -2.16. The van der Waals surface area contributed by atoms with Crippen molar-refractivity contribution in [2.45, 2.75) is 13.3 Å². The van der Waals surface area contributed by atoms with Gasteiger partial charge in [-0.15, -0.1) is 0 Å². The summed E-state index contributed by atoms with van der Waals surface area (Å²) in [6.07, 6.45) is 2.40. The molecule has 0 aliphatic carbocycles. The Morgan fingerprint density at radius 2 is 2.13 bits per heavy atom. The SMILES string of the molecule is CCc1nc2cc(Cl)ccn2c1C(=O)Nc1ccccc1OC. The molecule has 3 rings (SSSR count). The van der Waals surface area contributed by atoms with E-state index in [0.29, 0.717) is 34.2 Å². The molecule has 6 heteroatoms. The number of methoxy groups -OCH3 is 1. The number of benzene rings is 1. The van der Waals surface area contributed by atoms with Crippen LogP contribution in [0.4, 0.5) is 5.69 Å². The second-order valence-electron chi connectivity index (χ2n) is 4.99. The van der Waals surface area contributed by atoms with Gasteiger partial charge in [-0.3, -0.25) is 9.20 Å². The number of halogens is 1. The molecule has 0 saturated carbocycles. The number of para-hydroxylation sites is 2. The van der Waals surface area contributed by atoms with Gasteiger partial charge in [0, 0.05) is 17.3 Å². The maximum Gasteiger partial charge on any atom is 0.274 e. The molecule has 118 valence electrons. The third kappa shape index (κ3) is 2.87. The number of fused-ring (bicyclic) bond motifs is 1. The molecule has 3 aromatic rings. The number of aromatic nitrogens is 2. The summed E-state index contributed by atoms with van der Waals surface area (Å²) in [6, 6.07) is 10.7. The van der Waals surface area contributed by atoms with Crippen molar-refractivity contribution in [3.63, 3.8) is 0 Å². The van der Waals surface area contributed by atoms with E-state index in [2.05, 4.69) is 10.3 Å². The highest BCUT2D eigenvalue weighted by Gasteiger charge is 2.19. The maximum atomic E-state index is 12.8. The topological polar surface area (TPSA) is 55.6 Å². The largest absolute Gasteiger partial charge is 0.495 e. The number of nitrogens with one attached hydrogen (secondary N) is 1. The van der Waals surface area contributed by atoms with E-state index in [1.807, 2.05) is 19.1 Å². The summed E-state index contributed by atoms with van der Waals surface area (Å²) >= 11 is 6.00. The van der Waals surface area contributed by atoms with Gasteiger partial charge in [-0.2, -0.15) is 0 Å². The molecule has 2 aromatic heterocycles. The van der Waals surface area contributed by atoms with Crippen LogP contribution in [0.3, 0.4) is 0 Å². The smallest absolute Gasteiger partial charge is 0.274 e. The molecule has 0 spiro atoms. The Labute approximate surface area is 138 Å². The van der Waals surface area contributed by atoms with Gasteiger partial charge in [-0.05, 0) is 24.6 Å². The van der Waals surface area contributed by atoms with Gasteiger partial charge in [0.05, 0.1) is 18.5 Å². The molecule has 0 atom stereocenters. The molecule has 0 aliphatic heterocycles. The van der Waals surface area contributed by atoms with Gasteiger partial charge >= 0.3 is 0 Å². The molecule has 0 bridgehead atoms. The van der Waals surface area contributed by atoms with E-state index in [4.69, 9.17) is 16.3 Å². The minimum absolute atomic E-state index is 0.235. The van der Waals surface area contributed by atoms with Crippen molar-refractivity contribution in [1.29, 1.82) is 0 Å². The van der Waals surface area contributed by atoms with Crippen LogP contribution in [-0.2, 0) is 6.42 Å². The number of nitrogens with zero attached hydrogens (tertiary/aromatic N) is 2. The summed E-state index contributed by atoms with van der Waals surface area (Å²) in [6.45, 7) is 1.96. The highest BCUT2D eigenvalue weighted by atomic mass is 35.5. The van der Waals surface area contributed by atoms with E-state index in [-0.39, 0.29) is 5.91 Å². The molecule has 1 N–H and O–H groups in total. The second kappa shape index (κ2) is 6.30. The first kappa shape index (κ1) is 15.4. The summed E-state index contributed by atoms with van der Waals surface area (Å²) in [4.78, 5) is 17.2. The molecule has 0 aliphatic rings. The van der Waals surface area contributed by atoms with Crippen LogP contribution < -0.4 is 10.1 Å². The number of carbonyl (C=O) groups excluding carboxylic acids is 1. The molecule has 5 nitrogen and oxygen atoms in total. The van der Waals surface area contributed by atoms with E-state index >= 15 is 0 Å². The van der Waals surface area contributed by atoms with Crippen LogP contribution in [0.5, 0.6) is 5.75 Å². The summed E-state index contributed by atoms with van der Waals surface area (Å²) in [5.74, 6) is 0.372. The predicted octanol–water partition coefficient (Wildman–Crippen LogP) is 3.81. The summed E-state index contributed by atoms with van der Waals surface area (Å²) < 4.78 is 7.01. The fraction of sp³-hybridized carbons (Fsp3) is 0.176. The first-order chi connectivity index (χ1) is 11.1. The molecule has 0 saturated heterocycles. The standard InChI is InChI=1S/C17H16ClN3O2/c1-3-12-16(21-9-8-11(18)10-15(21)19-12)17(22)20-13-6-4-5-7-14(13)23-2/h4-10H,3H2,1-2H3,(H,20,22). The van der Waals surface area contributed by atoms with Gasteiger partial charge in [0.15, 0.2) is 0 Å². The summed E-state index contributed by atoms with van der Waals surface area (Å²) in [5.41, 5.74) is 2.50. The molecular weight excluding hydrogens is 314 g/mol. The van der Waals surface area contributed by atoms with Crippen molar-refractivity contribution in [1.82, 2.24) is 9.38 Å². The van der Waals surface area contributed by atoms with Gasteiger partial charge in [-0.1, -0.05) is 30.7 Å². The Hall–Kier alpha value is -2.53. The van der Waals surface area contributed by atoms with E-state index in [0.717, 1.165) is 5.69 Å². The average Bonchev–Trinajstić information content (AvgIpc) is 2.92. The number of imidazole rings is 1. The van der Waals surface area contributed by atoms with Gasteiger partial charge < -0.3 is 10.1 Å². The van der Waals surface area contributed by atoms with Crippen LogP contribution in [0.25, 0.3) is 5.65 Å². The minimum atomic E-state index is -0.235. The molecular formula is C17H16ClN3O2. The van der Waals surface area contributed by atoms with Crippen molar-refractivity contribution in [2.75, 3.05) is 12.4 Å². The Balaban J connectivity index is 2.03. The molecule has 1 aromatic carbocycles. The van der Waals surface area contributed by atoms with E-state index in [1.165, 1.54) is 0 Å². The first-order valence-corrected chi connectivity index (χ1v) is 7.62. The minimum Gasteiger partial charge on any atom is -0.495 e. The van der Waals surface area contributed by atoms with Gasteiger partial charge in [0.25, 0.3) is 5.91 Å². The lowest BCUT2D eigenvalue weighted by atomic mass is 10.2. The van der Waals surface area contributed by atoms with Crippen LogP contribution in [-0.4, -0.2) is 22.4 Å². The Bertz CT molecular complexity index is 873. The zero-order valence-electron chi connectivity index (χ0n) is 12.8. The van der Waals surface area contributed by atoms with Crippen molar-refractivity contribution in [3.05, 3.63) is 59.0 Å². The fourth-order valence-corrected chi connectivity index (χ4v) is 2.64. The Morgan fingerprint density at radius 3 is 2.87 bits per heavy atom. The Kier molecular flexibility index (Phi) is 4.21. The number of pyridine rings is 1. The molecule has 23 heavy (non-hydrogen) atoms. The fourth-order valence-electron chi connectivity index (χ4n) is 2.48. The van der Waals surface area contributed by atoms with E-state index in [9.17, 15) is 4.79 Å². The summed E-state index contributed by atoms with van der Waals surface area (Å²) in [5, 5.41) is 3.47. The number of aryl methyl sites for hydroxylation is 1. The molecule has 0 unspecified atom stereocenters. The lowest BCUT2D eigenvalue weighted by molar-refractivity contribution is 0.102. The van der Waals surface area contributed by atoms with Crippen molar-refractivity contribution in [3.8, 4) is 5.75 Å². The number of anilines is 1. The van der Waals surface area contributed by atoms with E-state index < -0.39 is 0 Å². The van der Waals surface area contributed by atoms with Gasteiger partial charge in [-0.25, -0.2) is 4.98 Å². The zero-order chi connectivity index (χ0) is 16.4. The van der Waals surface area contributed by atoms with Crippen LogP contribution in [0.1, 0.15) is 23.1 Å². The van der Waals surface area contributed by atoms with Crippen LogP contribution in [0, 0.1) is 0 Å². The lowest BCUT2D eigenvalue weighted by Gasteiger charge is -2.10. The number of hydrogen-bond acceptors (Lipinski definition) is 3. The molecule has 2 heterocycles. The van der Waals surface area contributed by atoms with Crippen molar-refractivity contribution in [2.24, 2.45) is 0 Å². The average molecular weight is 330 g/mol. The third-order valence-corrected chi connectivity index (χ3v) is 3.80. The number of ether oxygens (including phenoxy) is 1. The number of rotatable bonds is 4.